The topological polar surface area (TPSA) is 39.2 Å². The lowest BCUT2D eigenvalue weighted by molar-refractivity contribution is 0.0758. The number of nitrogens with one attached hydrogen (secondary N) is 1. The highest BCUT2D eigenvalue weighted by Crippen LogP contribution is 2.36. The number of imidazole rings is 1. The van der Waals surface area contributed by atoms with Crippen molar-refractivity contribution in [3.05, 3.63) is 23.0 Å². The smallest absolute Gasteiger partial charge is 0.178 e. The second kappa shape index (κ2) is 4.98. The molecule has 2 unspecified atom stereocenters. The van der Waals surface area contributed by atoms with Crippen LogP contribution in [0.25, 0.3) is 11.0 Å². The van der Waals surface area contributed by atoms with Crippen LogP contribution in [0.15, 0.2) is 18.2 Å². The molecule has 4 nitrogen and oxygen atoms in total. The largest absolute Gasteiger partial charge is 0.494 e. The third-order valence-corrected chi connectivity index (χ3v) is 4.29. The molecular weight excluding hydrogens is 260 g/mol. The quantitative estimate of drug-likeness (QED) is 0.874. The third kappa shape index (κ3) is 1.97. The van der Waals surface area contributed by atoms with Crippen LogP contribution in [-0.4, -0.2) is 29.9 Å². The van der Waals surface area contributed by atoms with E-state index in [9.17, 15) is 0 Å². The number of H-pyrrole nitrogens is 1. The minimum Gasteiger partial charge on any atom is -0.494 e. The van der Waals surface area contributed by atoms with E-state index in [1.807, 2.05) is 12.1 Å². The number of nitrogens with zero attached hydrogens (tertiary/aromatic N) is 1. The highest BCUT2D eigenvalue weighted by atomic mass is 32.1. The number of para-hydroxylation sites is 1. The van der Waals surface area contributed by atoms with Crippen LogP contribution in [0.1, 0.15) is 25.3 Å². The Bertz CT molecular complexity index is 646. The molecule has 1 fully saturated rings. The van der Waals surface area contributed by atoms with Crippen LogP contribution in [0.4, 0.5) is 0 Å². The van der Waals surface area contributed by atoms with E-state index in [2.05, 4.69) is 15.6 Å². The maximum absolute atomic E-state index is 5.60. The fourth-order valence-corrected chi connectivity index (χ4v) is 3.43. The van der Waals surface area contributed by atoms with Crippen molar-refractivity contribution in [3.8, 4) is 5.75 Å². The molecule has 1 aliphatic rings. The van der Waals surface area contributed by atoms with Gasteiger partial charge in [-0.1, -0.05) is 6.07 Å². The van der Waals surface area contributed by atoms with Crippen molar-refractivity contribution in [2.45, 2.75) is 31.4 Å². The second-order valence-corrected chi connectivity index (χ2v) is 5.31. The molecule has 0 bridgehead atoms. The van der Waals surface area contributed by atoms with Crippen molar-refractivity contribution in [2.24, 2.45) is 0 Å². The number of fused-ring (bicyclic) bond motifs is 1. The van der Waals surface area contributed by atoms with Gasteiger partial charge in [0.15, 0.2) is 4.77 Å². The second-order valence-electron chi connectivity index (χ2n) is 4.93. The molecule has 1 heterocycles. The van der Waals surface area contributed by atoms with Gasteiger partial charge in [0.2, 0.25) is 0 Å². The van der Waals surface area contributed by atoms with Gasteiger partial charge in [-0.15, -0.1) is 0 Å². The summed E-state index contributed by atoms with van der Waals surface area (Å²) in [6.45, 7) is 0. The first-order valence-electron chi connectivity index (χ1n) is 6.56. The summed E-state index contributed by atoms with van der Waals surface area (Å²) in [6.07, 6.45) is 3.63. The van der Waals surface area contributed by atoms with Gasteiger partial charge in [0.1, 0.15) is 11.3 Å². The van der Waals surface area contributed by atoms with E-state index >= 15 is 0 Å². The number of aromatic nitrogens is 2. The van der Waals surface area contributed by atoms with Crippen LogP contribution in [0.5, 0.6) is 5.75 Å². The number of hydrogen-bond acceptors (Lipinski definition) is 3. The van der Waals surface area contributed by atoms with Crippen molar-refractivity contribution in [2.75, 3.05) is 14.2 Å². The number of rotatable bonds is 3. The van der Waals surface area contributed by atoms with Crippen LogP contribution in [0.3, 0.4) is 0 Å². The average molecular weight is 278 g/mol. The van der Waals surface area contributed by atoms with Gasteiger partial charge in [-0.2, -0.15) is 0 Å². The monoisotopic (exact) mass is 278 g/mol. The maximum atomic E-state index is 5.60. The molecular formula is C14H18N2O2S. The zero-order chi connectivity index (χ0) is 13.4. The summed E-state index contributed by atoms with van der Waals surface area (Å²) in [7, 11) is 3.46. The summed E-state index contributed by atoms with van der Waals surface area (Å²) in [5, 5.41) is 0. The van der Waals surface area contributed by atoms with E-state index in [4.69, 9.17) is 21.7 Å². The molecule has 0 radical (unpaired) electrons. The molecule has 0 amide bonds. The summed E-state index contributed by atoms with van der Waals surface area (Å²) in [5.74, 6) is 0.828. The van der Waals surface area contributed by atoms with E-state index in [0.717, 1.165) is 34.4 Å². The van der Waals surface area contributed by atoms with Crippen molar-refractivity contribution < 1.29 is 9.47 Å². The van der Waals surface area contributed by atoms with Crippen LogP contribution in [-0.2, 0) is 4.74 Å². The molecule has 19 heavy (non-hydrogen) atoms. The Morgan fingerprint density at radius 1 is 1.32 bits per heavy atom. The Balaban J connectivity index is 2.18. The Morgan fingerprint density at radius 2 is 2.16 bits per heavy atom. The number of ether oxygens (including phenoxy) is 2. The molecule has 2 aromatic rings. The summed E-state index contributed by atoms with van der Waals surface area (Å²) in [4.78, 5) is 3.27. The lowest BCUT2D eigenvalue weighted by Crippen LogP contribution is -2.20. The van der Waals surface area contributed by atoms with Crippen molar-refractivity contribution >= 4 is 23.3 Å². The number of methoxy groups -OCH3 is 2. The molecule has 1 aliphatic carbocycles. The minimum atomic E-state index is 0.247. The van der Waals surface area contributed by atoms with Gasteiger partial charge in [0.25, 0.3) is 0 Å². The molecule has 0 saturated heterocycles. The Morgan fingerprint density at radius 3 is 2.89 bits per heavy atom. The maximum Gasteiger partial charge on any atom is 0.178 e. The Labute approximate surface area is 117 Å². The highest BCUT2D eigenvalue weighted by Gasteiger charge is 2.30. The van der Waals surface area contributed by atoms with Gasteiger partial charge in [-0.25, -0.2) is 0 Å². The van der Waals surface area contributed by atoms with Gasteiger partial charge >= 0.3 is 0 Å². The molecule has 5 heteroatoms. The van der Waals surface area contributed by atoms with Crippen LogP contribution < -0.4 is 4.74 Å². The predicted molar refractivity (Wildman–Crippen MR) is 77.4 cm³/mol. The minimum absolute atomic E-state index is 0.247. The van der Waals surface area contributed by atoms with Gasteiger partial charge in [0, 0.05) is 7.11 Å². The number of hydrogen-bond donors (Lipinski definition) is 1. The fourth-order valence-electron chi connectivity index (χ4n) is 3.10. The van der Waals surface area contributed by atoms with E-state index in [1.54, 1.807) is 14.2 Å². The third-order valence-electron chi connectivity index (χ3n) is 3.99. The molecule has 1 aromatic carbocycles. The Kier molecular flexibility index (Phi) is 3.33. The van der Waals surface area contributed by atoms with Crippen molar-refractivity contribution in [1.29, 1.82) is 0 Å². The van der Waals surface area contributed by atoms with Crippen molar-refractivity contribution in [3.63, 3.8) is 0 Å². The van der Waals surface area contributed by atoms with Crippen LogP contribution >= 0.6 is 12.2 Å². The lowest BCUT2D eigenvalue weighted by Gasteiger charge is -2.20. The predicted octanol–water partition coefficient (Wildman–Crippen LogP) is 3.45. The van der Waals surface area contributed by atoms with Crippen LogP contribution in [0.2, 0.25) is 0 Å². The normalized spacial score (nSPS) is 23.1. The van der Waals surface area contributed by atoms with E-state index in [1.165, 1.54) is 6.42 Å². The van der Waals surface area contributed by atoms with Gasteiger partial charge in [0.05, 0.1) is 24.8 Å². The first-order chi connectivity index (χ1) is 9.26. The van der Waals surface area contributed by atoms with E-state index in [0.29, 0.717) is 6.04 Å². The van der Waals surface area contributed by atoms with E-state index in [-0.39, 0.29) is 6.10 Å². The van der Waals surface area contributed by atoms with E-state index < -0.39 is 0 Å². The van der Waals surface area contributed by atoms with Gasteiger partial charge < -0.3 is 19.0 Å². The molecule has 102 valence electrons. The fraction of sp³-hybridized carbons (Fsp3) is 0.500. The zero-order valence-electron chi connectivity index (χ0n) is 11.2. The summed E-state index contributed by atoms with van der Waals surface area (Å²) in [6, 6.07) is 6.34. The molecule has 1 N–H and O–H groups in total. The van der Waals surface area contributed by atoms with Crippen molar-refractivity contribution in [1.82, 2.24) is 9.55 Å². The first kappa shape index (κ1) is 12.7. The molecule has 2 atom stereocenters. The molecule has 0 aliphatic heterocycles. The standard InChI is InChI=1S/C14H18N2O2S/c1-17-11-7-3-5-9(11)16-10-6-4-8-12(18-2)13(10)15-14(16)19/h4,6,8-9,11H,3,5,7H2,1-2H3,(H,15,19). The number of benzene rings is 1. The Hall–Kier alpha value is -1.33. The number of aromatic amines is 1. The summed E-state index contributed by atoms with van der Waals surface area (Å²) >= 11 is 5.49. The molecule has 0 spiro atoms. The molecule has 3 rings (SSSR count). The highest BCUT2D eigenvalue weighted by molar-refractivity contribution is 7.71. The summed E-state index contributed by atoms with van der Waals surface area (Å²) < 4.78 is 13.9. The van der Waals surface area contributed by atoms with Gasteiger partial charge in [-0.3, -0.25) is 0 Å². The zero-order valence-corrected chi connectivity index (χ0v) is 12.0. The van der Waals surface area contributed by atoms with Crippen LogP contribution in [0, 0.1) is 4.77 Å². The lowest BCUT2D eigenvalue weighted by atomic mass is 10.2. The summed E-state index contributed by atoms with van der Waals surface area (Å²) in [5.41, 5.74) is 2.06. The SMILES string of the molecule is COc1cccc2c1[nH]c(=S)n2C1CCCC1OC. The first-order valence-corrected chi connectivity index (χ1v) is 6.97. The molecule has 1 saturated carbocycles. The average Bonchev–Trinajstić information content (AvgIpc) is 3.00. The van der Waals surface area contributed by atoms with Gasteiger partial charge in [-0.05, 0) is 43.6 Å². The molecule has 1 aromatic heterocycles.